The second-order valence-corrected chi connectivity index (χ2v) is 5.40. The molecule has 0 amide bonds. The van der Waals surface area contributed by atoms with Gasteiger partial charge in [-0.25, -0.2) is 4.39 Å². The average Bonchev–Trinajstić information content (AvgIpc) is 2.72. The normalized spacial score (nSPS) is 12.7. The van der Waals surface area contributed by atoms with Crippen molar-refractivity contribution in [2.24, 2.45) is 5.73 Å². The van der Waals surface area contributed by atoms with E-state index in [0.29, 0.717) is 16.5 Å². The summed E-state index contributed by atoms with van der Waals surface area (Å²) >= 11 is 3.18. The Bertz CT molecular complexity index is 580. The van der Waals surface area contributed by atoms with Gasteiger partial charge in [-0.2, -0.15) is 5.10 Å². The molecule has 2 aromatic rings. The van der Waals surface area contributed by atoms with E-state index in [1.807, 2.05) is 24.6 Å². The summed E-state index contributed by atoms with van der Waals surface area (Å²) in [4.78, 5) is 0. The maximum absolute atomic E-state index is 14.0. The van der Waals surface area contributed by atoms with Crippen molar-refractivity contribution in [3.8, 4) is 0 Å². The SMILES string of the molecule is CCn1nc(C)cc1CC(N)c1cccc(Br)c1F. The van der Waals surface area contributed by atoms with Crippen molar-refractivity contribution in [3.63, 3.8) is 0 Å². The average molecular weight is 326 g/mol. The molecule has 1 aromatic heterocycles. The summed E-state index contributed by atoms with van der Waals surface area (Å²) in [5.41, 5.74) is 8.64. The van der Waals surface area contributed by atoms with E-state index in [4.69, 9.17) is 5.73 Å². The van der Waals surface area contributed by atoms with Crippen molar-refractivity contribution in [3.05, 3.63) is 51.5 Å². The Kier molecular flexibility index (Phi) is 4.37. The lowest BCUT2D eigenvalue weighted by atomic mass is 10.0. The molecule has 1 unspecified atom stereocenters. The Morgan fingerprint density at radius 1 is 1.47 bits per heavy atom. The fraction of sp³-hybridized carbons (Fsp3) is 0.357. The van der Waals surface area contributed by atoms with Gasteiger partial charge in [-0.05, 0) is 41.9 Å². The van der Waals surface area contributed by atoms with Gasteiger partial charge in [0.15, 0.2) is 0 Å². The Labute approximate surface area is 120 Å². The smallest absolute Gasteiger partial charge is 0.142 e. The highest BCUT2D eigenvalue weighted by Crippen LogP contribution is 2.24. The van der Waals surface area contributed by atoms with E-state index in [1.54, 1.807) is 18.2 Å². The van der Waals surface area contributed by atoms with Gasteiger partial charge >= 0.3 is 0 Å². The predicted molar refractivity (Wildman–Crippen MR) is 77.4 cm³/mol. The summed E-state index contributed by atoms with van der Waals surface area (Å²) in [6, 6.07) is 6.82. The molecule has 1 atom stereocenters. The highest BCUT2D eigenvalue weighted by Gasteiger charge is 2.16. The van der Waals surface area contributed by atoms with Gasteiger partial charge in [0.25, 0.3) is 0 Å². The molecule has 0 aliphatic rings. The number of benzene rings is 1. The molecule has 0 aliphatic heterocycles. The first kappa shape index (κ1) is 14.2. The molecule has 19 heavy (non-hydrogen) atoms. The molecule has 0 spiro atoms. The minimum Gasteiger partial charge on any atom is -0.324 e. The van der Waals surface area contributed by atoms with Gasteiger partial charge in [0, 0.05) is 30.3 Å². The van der Waals surface area contributed by atoms with Crippen molar-refractivity contribution < 1.29 is 4.39 Å². The van der Waals surface area contributed by atoms with Crippen LogP contribution in [0.5, 0.6) is 0 Å². The maximum atomic E-state index is 14.0. The van der Waals surface area contributed by atoms with Gasteiger partial charge in [-0.1, -0.05) is 12.1 Å². The lowest BCUT2D eigenvalue weighted by molar-refractivity contribution is 0.552. The molecular formula is C14H17BrFN3. The molecule has 1 aromatic carbocycles. The van der Waals surface area contributed by atoms with E-state index in [0.717, 1.165) is 17.9 Å². The first-order valence-corrected chi connectivity index (χ1v) is 7.05. The number of nitrogens with zero attached hydrogens (tertiary/aromatic N) is 2. The van der Waals surface area contributed by atoms with Crippen LogP contribution in [0.2, 0.25) is 0 Å². The topological polar surface area (TPSA) is 43.8 Å². The van der Waals surface area contributed by atoms with E-state index < -0.39 is 0 Å². The largest absolute Gasteiger partial charge is 0.324 e. The molecule has 0 bridgehead atoms. The number of aryl methyl sites for hydroxylation is 2. The maximum Gasteiger partial charge on any atom is 0.142 e. The third-order valence-corrected chi connectivity index (χ3v) is 3.71. The van der Waals surface area contributed by atoms with Crippen LogP contribution in [0.15, 0.2) is 28.7 Å². The molecule has 0 aliphatic carbocycles. The monoisotopic (exact) mass is 325 g/mol. The molecule has 3 nitrogen and oxygen atoms in total. The summed E-state index contributed by atoms with van der Waals surface area (Å²) in [6.07, 6.45) is 0.571. The highest BCUT2D eigenvalue weighted by atomic mass is 79.9. The number of halogens is 2. The highest BCUT2D eigenvalue weighted by molar-refractivity contribution is 9.10. The van der Waals surface area contributed by atoms with Crippen LogP contribution in [0.3, 0.4) is 0 Å². The van der Waals surface area contributed by atoms with Crippen LogP contribution in [0.1, 0.15) is 29.9 Å². The Hall–Kier alpha value is -1.20. The molecule has 5 heteroatoms. The molecule has 0 saturated carbocycles. The number of rotatable bonds is 4. The van der Waals surface area contributed by atoms with Crippen molar-refractivity contribution in [2.75, 3.05) is 0 Å². The fourth-order valence-electron chi connectivity index (χ4n) is 2.18. The van der Waals surface area contributed by atoms with Crippen molar-refractivity contribution in [1.82, 2.24) is 9.78 Å². The Morgan fingerprint density at radius 3 is 2.89 bits per heavy atom. The van der Waals surface area contributed by atoms with E-state index in [9.17, 15) is 4.39 Å². The minimum atomic E-state index is -0.376. The molecule has 0 fully saturated rings. The Balaban J connectivity index is 2.25. The van der Waals surface area contributed by atoms with E-state index in [1.165, 1.54) is 0 Å². The summed E-state index contributed by atoms with van der Waals surface area (Å²) < 4.78 is 16.3. The van der Waals surface area contributed by atoms with Gasteiger partial charge in [0.2, 0.25) is 0 Å². The van der Waals surface area contributed by atoms with Gasteiger partial charge < -0.3 is 5.73 Å². The van der Waals surface area contributed by atoms with Crippen LogP contribution >= 0.6 is 15.9 Å². The second-order valence-electron chi connectivity index (χ2n) is 4.55. The Morgan fingerprint density at radius 2 is 2.21 bits per heavy atom. The standard InChI is InChI=1S/C14H17BrFN3/c1-3-19-10(7-9(2)18-19)8-13(17)11-5-4-6-12(15)14(11)16/h4-7,13H,3,8,17H2,1-2H3. The lowest BCUT2D eigenvalue weighted by Crippen LogP contribution is -2.17. The van der Waals surface area contributed by atoms with Crippen molar-refractivity contribution >= 4 is 15.9 Å². The van der Waals surface area contributed by atoms with Crippen LogP contribution in [0.4, 0.5) is 4.39 Å². The summed E-state index contributed by atoms with van der Waals surface area (Å²) in [5.74, 6) is -0.283. The van der Waals surface area contributed by atoms with Crippen LogP contribution in [0.25, 0.3) is 0 Å². The molecule has 0 saturated heterocycles. The second kappa shape index (κ2) is 5.84. The predicted octanol–water partition coefficient (Wildman–Crippen LogP) is 3.36. The van der Waals surface area contributed by atoms with Crippen LogP contribution in [0, 0.1) is 12.7 Å². The number of hydrogen-bond donors (Lipinski definition) is 1. The molecule has 2 rings (SSSR count). The summed E-state index contributed by atoms with van der Waals surface area (Å²) in [6.45, 7) is 4.76. The van der Waals surface area contributed by atoms with Gasteiger partial charge in [-0.3, -0.25) is 4.68 Å². The van der Waals surface area contributed by atoms with Gasteiger partial charge in [-0.15, -0.1) is 0 Å². The number of hydrogen-bond acceptors (Lipinski definition) is 2. The third kappa shape index (κ3) is 3.04. The van der Waals surface area contributed by atoms with Crippen LogP contribution in [-0.4, -0.2) is 9.78 Å². The minimum absolute atomic E-state index is 0.283. The molecule has 0 radical (unpaired) electrons. The van der Waals surface area contributed by atoms with Crippen LogP contribution < -0.4 is 5.73 Å². The number of nitrogens with two attached hydrogens (primary N) is 1. The first-order valence-electron chi connectivity index (χ1n) is 6.25. The zero-order valence-electron chi connectivity index (χ0n) is 11.0. The first-order chi connectivity index (χ1) is 9.02. The lowest BCUT2D eigenvalue weighted by Gasteiger charge is -2.14. The molecule has 102 valence electrons. The van der Waals surface area contributed by atoms with Gasteiger partial charge in [0.1, 0.15) is 5.82 Å². The zero-order chi connectivity index (χ0) is 14.0. The quantitative estimate of drug-likeness (QED) is 0.936. The van der Waals surface area contributed by atoms with E-state index in [-0.39, 0.29) is 11.9 Å². The molecular weight excluding hydrogens is 309 g/mol. The third-order valence-electron chi connectivity index (χ3n) is 3.10. The van der Waals surface area contributed by atoms with Crippen molar-refractivity contribution in [1.29, 1.82) is 0 Å². The van der Waals surface area contributed by atoms with E-state index >= 15 is 0 Å². The molecule has 2 N–H and O–H groups in total. The van der Waals surface area contributed by atoms with Crippen molar-refractivity contribution in [2.45, 2.75) is 32.9 Å². The summed E-state index contributed by atoms with van der Waals surface area (Å²) in [5, 5.41) is 4.37. The fourth-order valence-corrected chi connectivity index (χ4v) is 2.56. The van der Waals surface area contributed by atoms with Gasteiger partial charge in [0.05, 0.1) is 10.2 Å². The van der Waals surface area contributed by atoms with Crippen LogP contribution in [-0.2, 0) is 13.0 Å². The zero-order valence-corrected chi connectivity index (χ0v) is 12.6. The molecule has 1 heterocycles. The number of aromatic nitrogens is 2. The van der Waals surface area contributed by atoms with E-state index in [2.05, 4.69) is 21.0 Å². The summed E-state index contributed by atoms with van der Waals surface area (Å²) in [7, 11) is 0.